The van der Waals surface area contributed by atoms with Crippen LogP contribution in [0.5, 0.6) is 0 Å². The molecule has 3 heteroatoms. The van der Waals surface area contributed by atoms with E-state index in [1.165, 1.54) is 15.6 Å². The highest BCUT2D eigenvalue weighted by molar-refractivity contribution is 7.21. The van der Waals surface area contributed by atoms with Gasteiger partial charge in [0.25, 0.3) is 5.91 Å². The van der Waals surface area contributed by atoms with E-state index in [9.17, 15) is 4.79 Å². The fraction of sp³-hybridized carbons (Fsp3) is 0.400. The first kappa shape index (κ1) is 11.7. The number of nitrogens with one attached hydrogen (secondary N) is 1. The molecular weight excluding hydrogens is 242 g/mol. The molecular formula is C15H17NOS. The van der Waals surface area contributed by atoms with E-state index >= 15 is 0 Å². The summed E-state index contributed by atoms with van der Waals surface area (Å²) in [6, 6.07) is 8.75. The van der Waals surface area contributed by atoms with Crippen molar-refractivity contribution < 1.29 is 4.79 Å². The first-order valence-electron chi connectivity index (χ1n) is 6.61. The molecule has 0 spiro atoms. The second kappa shape index (κ2) is 4.73. The topological polar surface area (TPSA) is 29.1 Å². The van der Waals surface area contributed by atoms with Gasteiger partial charge in [0, 0.05) is 10.7 Å². The number of hydrogen-bond acceptors (Lipinski definition) is 2. The van der Waals surface area contributed by atoms with Crippen LogP contribution in [0.4, 0.5) is 0 Å². The van der Waals surface area contributed by atoms with Gasteiger partial charge in [-0.05, 0) is 36.3 Å². The fourth-order valence-electron chi connectivity index (χ4n) is 2.26. The van der Waals surface area contributed by atoms with Crippen molar-refractivity contribution >= 4 is 27.3 Å². The van der Waals surface area contributed by atoms with Crippen LogP contribution in [0.15, 0.2) is 24.3 Å². The number of carbonyl (C=O) groups is 1. The Kier molecular flexibility index (Phi) is 3.08. The number of fused-ring (bicyclic) bond motifs is 1. The second-order valence-corrected chi connectivity index (χ2v) is 5.96. The molecule has 1 fully saturated rings. The van der Waals surface area contributed by atoms with Crippen molar-refractivity contribution in [2.24, 2.45) is 0 Å². The molecule has 1 heterocycles. The van der Waals surface area contributed by atoms with Gasteiger partial charge < -0.3 is 5.32 Å². The minimum atomic E-state index is 0.127. The SMILES string of the molecule is CCCc1c(C(=O)NC2CC2)sc2ccccc12. The molecule has 0 unspecified atom stereocenters. The van der Waals surface area contributed by atoms with Crippen LogP contribution in [0.25, 0.3) is 10.1 Å². The average Bonchev–Trinajstić information content (AvgIpc) is 3.11. The van der Waals surface area contributed by atoms with E-state index in [1.54, 1.807) is 11.3 Å². The molecule has 1 aliphatic rings. The van der Waals surface area contributed by atoms with Crippen LogP contribution in [-0.2, 0) is 6.42 Å². The summed E-state index contributed by atoms with van der Waals surface area (Å²) in [5.41, 5.74) is 1.23. The Labute approximate surface area is 111 Å². The monoisotopic (exact) mass is 259 g/mol. The Balaban J connectivity index is 2.02. The zero-order chi connectivity index (χ0) is 12.5. The van der Waals surface area contributed by atoms with E-state index in [0.717, 1.165) is 30.6 Å². The van der Waals surface area contributed by atoms with Gasteiger partial charge in [-0.15, -0.1) is 11.3 Å². The number of rotatable bonds is 4. The Morgan fingerprint density at radius 3 is 2.89 bits per heavy atom. The van der Waals surface area contributed by atoms with Gasteiger partial charge in [0.05, 0.1) is 4.88 Å². The highest BCUT2D eigenvalue weighted by atomic mass is 32.1. The lowest BCUT2D eigenvalue weighted by molar-refractivity contribution is 0.0954. The third kappa shape index (κ3) is 2.15. The number of carbonyl (C=O) groups excluding carboxylic acids is 1. The van der Waals surface area contributed by atoms with Gasteiger partial charge in [-0.1, -0.05) is 31.5 Å². The maximum Gasteiger partial charge on any atom is 0.261 e. The molecule has 1 aliphatic carbocycles. The third-order valence-electron chi connectivity index (χ3n) is 3.32. The van der Waals surface area contributed by atoms with Crippen molar-refractivity contribution in [3.63, 3.8) is 0 Å². The van der Waals surface area contributed by atoms with E-state index in [4.69, 9.17) is 0 Å². The molecule has 1 saturated carbocycles. The van der Waals surface area contributed by atoms with Gasteiger partial charge in [-0.3, -0.25) is 4.79 Å². The van der Waals surface area contributed by atoms with Crippen molar-refractivity contribution in [3.8, 4) is 0 Å². The Morgan fingerprint density at radius 2 is 2.17 bits per heavy atom. The molecule has 18 heavy (non-hydrogen) atoms. The number of aryl methyl sites for hydroxylation is 1. The smallest absolute Gasteiger partial charge is 0.261 e. The highest BCUT2D eigenvalue weighted by Crippen LogP contribution is 2.32. The molecule has 3 rings (SSSR count). The van der Waals surface area contributed by atoms with E-state index in [1.807, 2.05) is 6.07 Å². The molecule has 0 bridgehead atoms. The van der Waals surface area contributed by atoms with E-state index in [2.05, 4.69) is 30.4 Å². The summed E-state index contributed by atoms with van der Waals surface area (Å²) in [7, 11) is 0. The zero-order valence-electron chi connectivity index (χ0n) is 10.5. The minimum Gasteiger partial charge on any atom is -0.349 e. The van der Waals surface area contributed by atoms with Crippen LogP contribution in [0.3, 0.4) is 0 Å². The maximum atomic E-state index is 12.3. The average molecular weight is 259 g/mol. The van der Waals surface area contributed by atoms with E-state index in [0.29, 0.717) is 6.04 Å². The van der Waals surface area contributed by atoms with Crippen LogP contribution < -0.4 is 5.32 Å². The van der Waals surface area contributed by atoms with Crippen molar-refractivity contribution in [1.29, 1.82) is 0 Å². The summed E-state index contributed by atoms with van der Waals surface area (Å²) in [5, 5.41) is 4.36. The fourth-order valence-corrected chi connectivity index (χ4v) is 3.41. The first-order valence-corrected chi connectivity index (χ1v) is 7.42. The minimum absolute atomic E-state index is 0.127. The number of thiophene rings is 1. The lowest BCUT2D eigenvalue weighted by atomic mass is 10.1. The van der Waals surface area contributed by atoms with Gasteiger partial charge in [0.2, 0.25) is 0 Å². The number of benzene rings is 1. The molecule has 1 aromatic carbocycles. The molecule has 0 radical (unpaired) electrons. The molecule has 0 atom stereocenters. The molecule has 0 aliphatic heterocycles. The lowest BCUT2D eigenvalue weighted by Crippen LogP contribution is -2.25. The predicted octanol–water partition coefficient (Wildman–Crippen LogP) is 3.75. The van der Waals surface area contributed by atoms with Crippen LogP contribution in [-0.4, -0.2) is 11.9 Å². The van der Waals surface area contributed by atoms with E-state index < -0.39 is 0 Å². The van der Waals surface area contributed by atoms with Gasteiger partial charge in [0.1, 0.15) is 0 Å². The summed E-state index contributed by atoms with van der Waals surface area (Å²) < 4.78 is 1.22. The molecule has 0 saturated heterocycles. The summed E-state index contributed by atoms with van der Waals surface area (Å²) in [6.45, 7) is 2.16. The van der Waals surface area contributed by atoms with Crippen LogP contribution in [0.2, 0.25) is 0 Å². The Bertz CT molecular complexity index is 583. The van der Waals surface area contributed by atoms with Crippen LogP contribution in [0.1, 0.15) is 41.4 Å². The maximum absolute atomic E-state index is 12.3. The summed E-state index contributed by atoms with van der Waals surface area (Å²) in [4.78, 5) is 13.2. The summed E-state index contributed by atoms with van der Waals surface area (Å²) in [5.74, 6) is 0.127. The van der Waals surface area contributed by atoms with Crippen molar-refractivity contribution in [2.45, 2.75) is 38.6 Å². The van der Waals surface area contributed by atoms with E-state index in [-0.39, 0.29) is 5.91 Å². The zero-order valence-corrected chi connectivity index (χ0v) is 11.3. The van der Waals surface area contributed by atoms with Gasteiger partial charge in [-0.25, -0.2) is 0 Å². The van der Waals surface area contributed by atoms with Crippen LogP contribution >= 0.6 is 11.3 Å². The Morgan fingerprint density at radius 1 is 1.39 bits per heavy atom. The van der Waals surface area contributed by atoms with Gasteiger partial charge in [-0.2, -0.15) is 0 Å². The molecule has 1 aromatic heterocycles. The molecule has 1 N–H and O–H groups in total. The Hall–Kier alpha value is -1.35. The molecule has 94 valence electrons. The second-order valence-electron chi connectivity index (χ2n) is 4.90. The predicted molar refractivity (Wildman–Crippen MR) is 76.3 cm³/mol. The standard InChI is InChI=1S/C15H17NOS/c1-2-5-12-11-6-3-4-7-13(11)18-14(12)15(17)16-10-8-9-10/h3-4,6-7,10H,2,5,8-9H2,1H3,(H,16,17). The van der Waals surface area contributed by atoms with Crippen molar-refractivity contribution in [3.05, 3.63) is 34.7 Å². The quantitative estimate of drug-likeness (QED) is 0.890. The van der Waals surface area contributed by atoms with Crippen molar-refractivity contribution in [1.82, 2.24) is 5.32 Å². The van der Waals surface area contributed by atoms with Crippen LogP contribution in [0, 0.1) is 0 Å². The normalized spacial score (nSPS) is 14.9. The lowest BCUT2D eigenvalue weighted by Gasteiger charge is -2.04. The molecule has 2 nitrogen and oxygen atoms in total. The molecule has 2 aromatic rings. The summed E-state index contributed by atoms with van der Waals surface area (Å²) >= 11 is 1.63. The number of hydrogen-bond donors (Lipinski definition) is 1. The molecule has 1 amide bonds. The third-order valence-corrected chi connectivity index (χ3v) is 4.53. The van der Waals surface area contributed by atoms with Gasteiger partial charge in [0.15, 0.2) is 0 Å². The summed E-state index contributed by atoms with van der Waals surface area (Å²) in [6.07, 6.45) is 4.33. The number of amides is 1. The first-order chi connectivity index (χ1) is 8.79. The van der Waals surface area contributed by atoms with Crippen molar-refractivity contribution in [2.75, 3.05) is 0 Å². The van der Waals surface area contributed by atoms with Gasteiger partial charge >= 0.3 is 0 Å². The largest absolute Gasteiger partial charge is 0.349 e. The highest BCUT2D eigenvalue weighted by Gasteiger charge is 2.26.